The number of carbonyl (C=O) groups excluding carboxylic acids is 1. The summed E-state index contributed by atoms with van der Waals surface area (Å²) in [5.41, 5.74) is 0.899. The number of esters is 1. The van der Waals surface area contributed by atoms with Gasteiger partial charge in [0, 0.05) is 6.08 Å². The highest BCUT2D eigenvalue weighted by molar-refractivity contribution is 5.81. The van der Waals surface area contributed by atoms with Crippen molar-refractivity contribution in [2.75, 3.05) is 6.61 Å². The molecule has 0 aliphatic carbocycles. The summed E-state index contributed by atoms with van der Waals surface area (Å²) in [4.78, 5) is 10.8. The topological polar surface area (TPSA) is 35.5 Å². The highest BCUT2D eigenvalue weighted by Gasteiger charge is 1.99. The summed E-state index contributed by atoms with van der Waals surface area (Å²) < 4.78 is 10.2. The molecule has 0 radical (unpaired) electrons. The first-order chi connectivity index (χ1) is 7.26. The van der Waals surface area contributed by atoms with Crippen molar-refractivity contribution in [2.45, 2.75) is 13.5 Å². The predicted molar refractivity (Wildman–Crippen MR) is 57.6 cm³/mol. The summed E-state index contributed by atoms with van der Waals surface area (Å²) >= 11 is 0. The Balaban J connectivity index is 2.57. The predicted octanol–water partition coefficient (Wildman–Crippen LogP) is 2.31. The van der Waals surface area contributed by atoms with Crippen LogP contribution in [0.1, 0.15) is 12.5 Å². The summed E-state index contributed by atoms with van der Waals surface area (Å²) in [6.45, 7) is 6.10. The number of hydrogen-bond acceptors (Lipinski definition) is 3. The van der Waals surface area contributed by atoms with Gasteiger partial charge in [0.1, 0.15) is 12.4 Å². The van der Waals surface area contributed by atoms with Crippen LogP contribution in [-0.2, 0) is 16.1 Å². The zero-order valence-corrected chi connectivity index (χ0v) is 8.73. The highest BCUT2D eigenvalue weighted by atomic mass is 16.5. The van der Waals surface area contributed by atoms with Crippen LogP contribution in [0.15, 0.2) is 36.9 Å². The Labute approximate surface area is 89.3 Å². The molecule has 15 heavy (non-hydrogen) atoms. The summed E-state index contributed by atoms with van der Waals surface area (Å²) in [7, 11) is 0. The molecule has 0 heterocycles. The normalized spacial score (nSPS) is 9.40. The third-order valence-corrected chi connectivity index (χ3v) is 1.76. The third-order valence-electron chi connectivity index (χ3n) is 1.76. The highest BCUT2D eigenvalue weighted by Crippen LogP contribution is 2.13. The summed E-state index contributed by atoms with van der Waals surface area (Å²) in [5, 5.41) is 0. The Hall–Kier alpha value is -1.77. The summed E-state index contributed by atoms with van der Waals surface area (Å²) in [5.74, 6) is 0.362. The Bertz CT molecular complexity index is 344. The number of carbonyl (C=O) groups is 1. The average molecular weight is 206 g/mol. The molecule has 0 amide bonds. The minimum Gasteiger partial charge on any atom is -0.494 e. The first-order valence-corrected chi connectivity index (χ1v) is 4.77. The molecular weight excluding hydrogens is 192 g/mol. The van der Waals surface area contributed by atoms with Gasteiger partial charge in [-0.25, -0.2) is 4.79 Å². The SMILES string of the molecule is C=CC(=O)OCc1cccc(OCC)c1. The molecule has 3 nitrogen and oxygen atoms in total. The number of hydrogen-bond donors (Lipinski definition) is 0. The second-order valence-corrected chi connectivity index (χ2v) is 2.89. The molecule has 0 aliphatic heterocycles. The summed E-state index contributed by atoms with van der Waals surface area (Å²) in [6, 6.07) is 7.45. The second-order valence-electron chi connectivity index (χ2n) is 2.89. The molecular formula is C12H14O3. The maximum absolute atomic E-state index is 10.8. The average Bonchev–Trinajstić information content (AvgIpc) is 2.27. The first-order valence-electron chi connectivity index (χ1n) is 4.77. The van der Waals surface area contributed by atoms with E-state index in [-0.39, 0.29) is 6.61 Å². The van der Waals surface area contributed by atoms with E-state index < -0.39 is 5.97 Å². The lowest BCUT2D eigenvalue weighted by molar-refractivity contribution is -0.138. The molecule has 3 heteroatoms. The summed E-state index contributed by atoms with van der Waals surface area (Å²) in [6.07, 6.45) is 1.15. The number of ether oxygens (including phenoxy) is 2. The van der Waals surface area contributed by atoms with Gasteiger partial charge in [0.25, 0.3) is 0 Å². The fourth-order valence-electron chi connectivity index (χ4n) is 1.11. The molecule has 1 rings (SSSR count). The molecule has 0 atom stereocenters. The van der Waals surface area contributed by atoms with E-state index in [1.807, 2.05) is 31.2 Å². The van der Waals surface area contributed by atoms with Crippen molar-refractivity contribution in [3.63, 3.8) is 0 Å². The Morgan fingerprint density at radius 1 is 1.53 bits per heavy atom. The van der Waals surface area contributed by atoms with Crippen LogP contribution in [0.25, 0.3) is 0 Å². The van der Waals surface area contributed by atoms with E-state index in [0.717, 1.165) is 17.4 Å². The Morgan fingerprint density at radius 2 is 2.33 bits per heavy atom. The fraction of sp³-hybridized carbons (Fsp3) is 0.250. The quantitative estimate of drug-likeness (QED) is 0.548. The van der Waals surface area contributed by atoms with Gasteiger partial charge in [-0.2, -0.15) is 0 Å². The molecule has 0 fully saturated rings. The minimum absolute atomic E-state index is 0.242. The fourth-order valence-corrected chi connectivity index (χ4v) is 1.11. The lowest BCUT2D eigenvalue weighted by atomic mass is 10.2. The molecule has 0 unspecified atom stereocenters. The van der Waals surface area contributed by atoms with Crippen LogP contribution >= 0.6 is 0 Å². The lowest BCUT2D eigenvalue weighted by Crippen LogP contribution is -2.00. The van der Waals surface area contributed by atoms with E-state index in [1.54, 1.807) is 0 Å². The van der Waals surface area contributed by atoms with Gasteiger partial charge in [-0.3, -0.25) is 0 Å². The molecule has 0 saturated heterocycles. The standard InChI is InChI=1S/C12H14O3/c1-3-12(13)15-9-10-6-5-7-11(8-10)14-4-2/h3,5-8H,1,4,9H2,2H3. The maximum Gasteiger partial charge on any atom is 0.330 e. The smallest absolute Gasteiger partial charge is 0.330 e. The van der Waals surface area contributed by atoms with E-state index in [1.165, 1.54) is 0 Å². The van der Waals surface area contributed by atoms with Crippen molar-refractivity contribution in [1.82, 2.24) is 0 Å². The first kappa shape index (κ1) is 11.3. The Morgan fingerprint density at radius 3 is 3.00 bits per heavy atom. The van der Waals surface area contributed by atoms with Crippen molar-refractivity contribution in [1.29, 1.82) is 0 Å². The molecule has 0 N–H and O–H groups in total. The van der Waals surface area contributed by atoms with Crippen molar-refractivity contribution >= 4 is 5.97 Å². The zero-order valence-electron chi connectivity index (χ0n) is 8.73. The van der Waals surface area contributed by atoms with E-state index in [2.05, 4.69) is 6.58 Å². The molecule has 0 aromatic heterocycles. The lowest BCUT2D eigenvalue weighted by Gasteiger charge is -2.06. The van der Waals surface area contributed by atoms with E-state index >= 15 is 0 Å². The monoisotopic (exact) mass is 206 g/mol. The van der Waals surface area contributed by atoms with Gasteiger partial charge in [-0.1, -0.05) is 18.7 Å². The molecule has 0 saturated carbocycles. The van der Waals surface area contributed by atoms with Crippen LogP contribution in [0.3, 0.4) is 0 Å². The molecule has 80 valence electrons. The van der Waals surface area contributed by atoms with Crippen LogP contribution in [0.4, 0.5) is 0 Å². The van der Waals surface area contributed by atoms with Gasteiger partial charge in [0.15, 0.2) is 0 Å². The van der Waals surface area contributed by atoms with E-state index in [4.69, 9.17) is 9.47 Å². The molecule has 0 aliphatic rings. The second kappa shape index (κ2) is 5.86. The molecule has 0 bridgehead atoms. The maximum atomic E-state index is 10.8. The van der Waals surface area contributed by atoms with Gasteiger partial charge in [-0.15, -0.1) is 0 Å². The molecule has 1 aromatic rings. The van der Waals surface area contributed by atoms with Crippen LogP contribution < -0.4 is 4.74 Å². The van der Waals surface area contributed by atoms with Crippen molar-refractivity contribution in [3.05, 3.63) is 42.5 Å². The van der Waals surface area contributed by atoms with Crippen molar-refractivity contribution in [3.8, 4) is 5.75 Å². The van der Waals surface area contributed by atoms with Gasteiger partial charge >= 0.3 is 5.97 Å². The van der Waals surface area contributed by atoms with Crippen LogP contribution in [0.2, 0.25) is 0 Å². The number of benzene rings is 1. The van der Waals surface area contributed by atoms with Gasteiger partial charge in [0.05, 0.1) is 6.61 Å². The minimum atomic E-state index is -0.420. The van der Waals surface area contributed by atoms with Gasteiger partial charge < -0.3 is 9.47 Å². The number of rotatable bonds is 5. The molecule has 1 aromatic carbocycles. The van der Waals surface area contributed by atoms with Crippen LogP contribution in [0.5, 0.6) is 5.75 Å². The third kappa shape index (κ3) is 3.85. The van der Waals surface area contributed by atoms with Crippen LogP contribution in [0, 0.1) is 0 Å². The molecule has 0 spiro atoms. The van der Waals surface area contributed by atoms with Crippen LogP contribution in [-0.4, -0.2) is 12.6 Å². The van der Waals surface area contributed by atoms with E-state index in [0.29, 0.717) is 6.61 Å². The van der Waals surface area contributed by atoms with Crippen molar-refractivity contribution in [2.24, 2.45) is 0 Å². The van der Waals surface area contributed by atoms with E-state index in [9.17, 15) is 4.79 Å². The van der Waals surface area contributed by atoms with Gasteiger partial charge in [0.2, 0.25) is 0 Å². The largest absolute Gasteiger partial charge is 0.494 e. The Kier molecular flexibility index (Phi) is 4.41. The zero-order chi connectivity index (χ0) is 11.1. The van der Waals surface area contributed by atoms with Crippen molar-refractivity contribution < 1.29 is 14.3 Å². The van der Waals surface area contributed by atoms with Gasteiger partial charge in [-0.05, 0) is 24.6 Å².